The fourth-order valence-corrected chi connectivity index (χ4v) is 3.87. The number of furan rings is 1. The van der Waals surface area contributed by atoms with E-state index in [1.165, 1.54) is 23.3 Å². The molecule has 7 nitrogen and oxygen atoms in total. The Morgan fingerprint density at radius 1 is 1.09 bits per heavy atom. The Morgan fingerprint density at radius 3 is 2.56 bits per heavy atom. The molecule has 0 radical (unpaired) electrons. The first kappa shape index (κ1) is 21.2. The summed E-state index contributed by atoms with van der Waals surface area (Å²) in [6, 6.07) is 16.5. The minimum atomic E-state index is -0.858. The maximum absolute atomic E-state index is 13.2. The molecule has 2 N–H and O–H groups in total. The van der Waals surface area contributed by atoms with Crippen LogP contribution < -0.4 is 4.74 Å². The summed E-state index contributed by atoms with van der Waals surface area (Å²) in [6.45, 7) is 2.39. The number of ketones is 1. The minimum Gasteiger partial charge on any atom is -0.504 e. The topological polar surface area (TPSA) is 100 Å². The van der Waals surface area contributed by atoms with E-state index in [1.54, 1.807) is 25.1 Å². The zero-order valence-corrected chi connectivity index (χ0v) is 17.5. The Labute approximate surface area is 185 Å². The summed E-state index contributed by atoms with van der Waals surface area (Å²) in [5.41, 5.74) is 1.49. The predicted octanol–water partition coefficient (Wildman–Crippen LogP) is 4.20. The first-order valence-corrected chi connectivity index (χ1v) is 10.3. The van der Waals surface area contributed by atoms with Crippen LogP contribution in [-0.4, -0.2) is 40.0 Å². The predicted molar refractivity (Wildman–Crippen MR) is 117 cm³/mol. The van der Waals surface area contributed by atoms with Gasteiger partial charge in [-0.05, 0) is 48.7 Å². The van der Waals surface area contributed by atoms with Crippen LogP contribution in [0.25, 0.3) is 0 Å². The van der Waals surface area contributed by atoms with Crippen molar-refractivity contribution in [2.24, 2.45) is 0 Å². The van der Waals surface area contributed by atoms with Crippen molar-refractivity contribution in [2.45, 2.75) is 19.4 Å². The molecule has 0 bridgehead atoms. The highest BCUT2D eigenvalue weighted by Crippen LogP contribution is 2.41. The van der Waals surface area contributed by atoms with Crippen LogP contribution in [0.15, 0.2) is 82.7 Å². The quantitative estimate of drug-likeness (QED) is 0.517. The third-order valence-corrected chi connectivity index (χ3v) is 5.38. The van der Waals surface area contributed by atoms with Gasteiger partial charge in [-0.15, -0.1) is 0 Å². The molecule has 3 aromatic rings. The van der Waals surface area contributed by atoms with E-state index in [-0.39, 0.29) is 29.4 Å². The molecule has 0 fully saturated rings. The fraction of sp³-hybridized carbons (Fsp3) is 0.200. The number of nitrogens with zero attached hydrogens (tertiary/aromatic N) is 1. The molecule has 1 atom stereocenters. The van der Waals surface area contributed by atoms with E-state index in [0.717, 1.165) is 5.56 Å². The summed E-state index contributed by atoms with van der Waals surface area (Å²) in [6.07, 6.45) is 1.90. The lowest BCUT2D eigenvalue weighted by atomic mass is 9.94. The minimum absolute atomic E-state index is 0.0260. The molecule has 32 heavy (non-hydrogen) atoms. The average Bonchev–Trinajstić information content (AvgIpc) is 3.42. The number of phenols is 1. The maximum atomic E-state index is 13.2. The van der Waals surface area contributed by atoms with Gasteiger partial charge in [0.2, 0.25) is 5.78 Å². The Bertz CT molecular complexity index is 1150. The van der Waals surface area contributed by atoms with Crippen LogP contribution >= 0.6 is 0 Å². The van der Waals surface area contributed by atoms with Crippen molar-refractivity contribution in [1.82, 2.24) is 4.90 Å². The normalized spacial score (nSPS) is 16.0. The van der Waals surface area contributed by atoms with Gasteiger partial charge in [0.15, 0.2) is 23.0 Å². The number of aliphatic hydroxyl groups excluding tert-OH is 1. The van der Waals surface area contributed by atoms with E-state index in [1.807, 2.05) is 30.3 Å². The van der Waals surface area contributed by atoms with Crippen LogP contribution in [0, 0.1) is 0 Å². The molecule has 1 aliphatic heterocycles. The Balaban J connectivity index is 1.75. The fourth-order valence-electron chi connectivity index (χ4n) is 3.87. The number of hydrogen-bond acceptors (Lipinski definition) is 6. The second-order valence-corrected chi connectivity index (χ2v) is 7.37. The SMILES string of the molecule is CCOc1cc([C@H]2C(C(=O)c3ccco3)=C(O)C(=O)N2CCc2ccccc2)ccc1O. The van der Waals surface area contributed by atoms with Crippen molar-refractivity contribution in [3.05, 3.63) is 95.1 Å². The highest BCUT2D eigenvalue weighted by atomic mass is 16.5. The summed E-state index contributed by atoms with van der Waals surface area (Å²) in [5.74, 6) is -1.60. The average molecular weight is 433 g/mol. The number of aliphatic hydroxyl groups is 1. The van der Waals surface area contributed by atoms with Gasteiger partial charge in [0.05, 0.1) is 24.5 Å². The molecular formula is C25H23NO6. The van der Waals surface area contributed by atoms with Gasteiger partial charge in [0.25, 0.3) is 5.91 Å². The third-order valence-electron chi connectivity index (χ3n) is 5.38. The van der Waals surface area contributed by atoms with E-state index in [2.05, 4.69) is 0 Å². The van der Waals surface area contributed by atoms with Gasteiger partial charge in [-0.3, -0.25) is 9.59 Å². The molecule has 1 aromatic heterocycles. The van der Waals surface area contributed by atoms with Gasteiger partial charge in [-0.25, -0.2) is 0 Å². The lowest BCUT2D eigenvalue weighted by Gasteiger charge is -2.27. The summed E-state index contributed by atoms with van der Waals surface area (Å²) >= 11 is 0. The first-order valence-electron chi connectivity index (χ1n) is 10.3. The van der Waals surface area contributed by atoms with Gasteiger partial charge in [0.1, 0.15) is 0 Å². The summed E-state index contributed by atoms with van der Waals surface area (Å²) in [7, 11) is 0. The number of rotatable bonds is 8. The standard InChI is InChI=1S/C25H23NO6/c1-2-31-20-15-17(10-11-18(20)27)22-21(23(28)19-9-6-14-32-19)24(29)25(30)26(22)13-12-16-7-4-3-5-8-16/h3-11,14-15,22,27,29H,2,12-13H2,1H3/t22-/m0/s1. The van der Waals surface area contributed by atoms with Crippen molar-refractivity contribution in [3.8, 4) is 11.5 Å². The van der Waals surface area contributed by atoms with Gasteiger partial charge in [0, 0.05) is 6.54 Å². The van der Waals surface area contributed by atoms with Gasteiger partial charge >= 0.3 is 0 Å². The highest BCUT2D eigenvalue weighted by Gasteiger charge is 2.44. The zero-order chi connectivity index (χ0) is 22.7. The molecular weight excluding hydrogens is 410 g/mol. The number of carbonyl (C=O) groups is 2. The third kappa shape index (κ3) is 3.97. The molecule has 0 saturated heterocycles. The molecule has 0 unspecified atom stereocenters. The number of ether oxygens (including phenoxy) is 1. The number of carbonyl (C=O) groups excluding carboxylic acids is 2. The lowest BCUT2D eigenvalue weighted by Crippen LogP contribution is -2.33. The van der Waals surface area contributed by atoms with Crippen LogP contribution in [0.2, 0.25) is 0 Å². The van der Waals surface area contributed by atoms with E-state index in [9.17, 15) is 19.8 Å². The Hall–Kier alpha value is -4.00. The molecule has 0 aliphatic carbocycles. The molecule has 0 saturated carbocycles. The van der Waals surface area contributed by atoms with Gasteiger partial charge in [-0.1, -0.05) is 36.4 Å². The van der Waals surface area contributed by atoms with Gasteiger partial charge in [-0.2, -0.15) is 0 Å². The van der Waals surface area contributed by atoms with Crippen molar-refractivity contribution >= 4 is 11.7 Å². The Kier molecular flexibility index (Phi) is 5.98. The molecule has 7 heteroatoms. The molecule has 0 spiro atoms. The summed E-state index contributed by atoms with van der Waals surface area (Å²) in [4.78, 5) is 27.7. The van der Waals surface area contributed by atoms with E-state index in [4.69, 9.17) is 9.15 Å². The Morgan fingerprint density at radius 2 is 1.88 bits per heavy atom. The largest absolute Gasteiger partial charge is 0.504 e. The monoisotopic (exact) mass is 433 g/mol. The van der Waals surface area contributed by atoms with E-state index < -0.39 is 23.5 Å². The van der Waals surface area contributed by atoms with E-state index >= 15 is 0 Å². The number of Topliss-reactive ketones (excluding diaryl/α,β-unsaturated/α-hetero) is 1. The summed E-state index contributed by atoms with van der Waals surface area (Å²) in [5, 5.41) is 20.8. The molecule has 1 amide bonds. The maximum Gasteiger partial charge on any atom is 0.290 e. The van der Waals surface area contributed by atoms with Crippen LogP contribution in [0.5, 0.6) is 11.5 Å². The van der Waals surface area contributed by atoms with Crippen LogP contribution in [0.1, 0.15) is 34.6 Å². The van der Waals surface area contributed by atoms with Crippen LogP contribution in [0.4, 0.5) is 0 Å². The van der Waals surface area contributed by atoms with Crippen molar-refractivity contribution < 1.29 is 29.0 Å². The number of benzene rings is 2. The molecule has 1 aliphatic rings. The molecule has 4 rings (SSSR count). The van der Waals surface area contributed by atoms with Crippen molar-refractivity contribution in [3.63, 3.8) is 0 Å². The highest BCUT2D eigenvalue weighted by molar-refractivity contribution is 6.15. The van der Waals surface area contributed by atoms with Gasteiger partial charge < -0.3 is 24.3 Å². The molecule has 164 valence electrons. The number of amides is 1. The first-order chi connectivity index (χ1) is 15.5. The number of aromatic hydroxyl groups is 1. The lowest BCUT2D eigenvalue weighted by molar-refractivity contribution is -0.129. The van der Waals surface area contributed by atoms with Crippen molar-refractivity contribution in [2.75, 3.05) is 13.2 Å². The number of phenolic OH excluding ortho intramolecular Hbond substituents is 1. The summed E-state index contributed by atoms with van der Waals surface area (Å²) < 4.78 is 10.7. The molecule has 2 heterocycles. The smallest absolute Gasteiger partial charge is 0.290 e. The number of hydrogen-bond donors (Lipinski definition) is 2. The zero-order valence-electron chi connectivity index (χ0n) is 17.5. The van der Waals surface area contributed by atoms with Crippen LogP contribution in [-0.2, 0) is 11.2 Å². The van der Waals surface area contributed by atoms with Crippen molar-refractivity contribution in [1.29, 1.82) is 0 Å². The second kappa shape index (κ2) is 9.01. The van der Waals surface area contributed by atoms with E-state index in [0.29, 0.717) is 18.6 Å². The second-order valence-electron chi connectivity index (χ2n) is 7.37. The van der Waals surface area contributed by atoms with Crippen LogP contribution in [0.3, 0.4) is 0 Å². The molecule has 2 aromatic carbocycles.